The van der Waals surface area contributed by atoms with Crippen LogP contribution in [-0.2, 0) is 10.2 Å². The van der Waals surface area contributed by atoms with Crippen molar-refractivity contribution in [2.24, 2.45) is 0 Å². The fourth-order valence-electron chi connectivity index (χ4n) is 3.04. The normalized spacial score (nSPS) is 10.5. The van der Waals surface area contributed by atoms with Gasteiger partial charge in [-0.1, -0.05) is 90.7 Å². The van der Waals surface area contributed by atoms with Crippen molar-refractivity contribution >= 4 is 6.09 Å². The molecule has 28 heavy (non-hydrogen) atoms. The number of ether oxygens (including phenoxy) is 1. The first-order valence-electron chi connectivity index (χ1n) is 9.24. The molecule has 3 rings (SSSR count). The molecule has 0 heterocycles. The van der Waals surface area contributed by atoms with Gasteiger partial charge in [-0.2, -0.15) is 0 Å². The molecule has 3 aromatic rings. The van der Waals surface area contributed by atoms with Gasteiger partial charge in [0.25, 0.3) is 0 Å². The molecule has 140 valence electrons. The molecule has 0 bridgehead atoms. The first-order valence-corrected chi connectivity index (χ1v) is 9.24. The molecule has 0 aliphatic rings. The summed E-state index contributed by atoms with van der Waals surface area (Å²) in [6.07, 6.45) is -0.472. The molecule has 0 atom stereocenters. The van der Waals surface area contributed by atoms with Crippen LogP contribution in [0.5, 0.6) is 0 Å². The van der Waals surface area contributed by atoms with Gasteiger partial charge in [-0.05, 0) is 30.2 Å². The number of nitrogens with one attached hydrogen (secondary N) is 1. The van der Waals surface area contributed by atoms with Gasteiger partial charge in [-0.3, -0.25) is 0 Å². The Balaban J connectivity index is 1.63. The average molecular weight is 369 g/mol. The molecular formula is C25H23NO2. The van der Waals surface area contributed by atoms with Gasteiger partial charge >= 0.3 is 6.09 Å². The molecule has 0 saturated heterocycles. The quantitative estimate of drug-likeness (QED) is 0.658. The highest BCUT2D eigenvalue weighted by Crippen LogP contribution is 2.31. The number of hydrogen-bond acceptors (Lipinski definition) is 2. The maximum Gasteiger partial charge on any atom is 0.408 e. The third-order valence-electron chi connectivity index (χ3n) is 4.69. The minimum absolute atomic E-state index is 0.0497. The van der Waals surface area contributed by atoms with Gasteiger partial charge in [-0.15, -0.1) is 0 Å². The number of amides is 1. The van der Waals surface area contributed by atoms with Crippen molar-refractivity contribution in [2.45, 2.75) is 12.3 Å². The molecule has 0 radical (unpaired) electrons. The van der Waals surface area contributed by atoms with E-state index in [1.54, 1.807) is 0 Å². The molecular weight excluding hydrogens is 346 g/mol. The number of benzene rings is 3. The smallest absolute Gasteiger partial charge is 0.408 e. The van der Waals surface area contributed by atoms with Crippen molar-refractivity contribution in [2.75, 3.05) is 13.2 Å². The van der Waals surface area contributed by atoms with Gasteiger partial charge in [0, 0.05) is 17.5 Å². The van der Waals surface area contributed by atoms with Crippen molar-refractivity contribution in [3.05, 3.63) is 108 Å². The number of rotatable bonds is 5. The van der Waals surface area contributed by atoms with Gasteiger partial charge in [-0.25, -0.2) is 4.79 Å². The minimum Gasteiger partial charge on any atom is -0.436 e. The van der Waals surface area contributed by atoms with Crippen LogP contribution in [0.1, 0.15) is 23.6 Å². The van der Waals surface area contributed by atoms with Gasteiger partial charge < -0.3 is 10.1 Å². The number of carbonyl (C=O) groups excluding carboxylic acids is 1. The topological polar surface area (TPSA) is 38.3 Å². The molecule has 0 spiro atoms. The largest absolute Gasteiger partial charge is 0.436 e. The minimum atomic E-state index is -0.472. The Kier molecular flexibility index (Phi) is 6.49. The van der Waals surface area contributed by atoms with Crippen LogP contribution in [0.25, 0.3) is 0 Å². The summed E-state index contributed by atoms with van der Waals surface area (Å²) in [6, 6.07) is 29.9. The van der Waals surface area contributed by atoms with E-state index in [0.29, 0.717) is 6.54 Å². The van der Waals surface area contributed by atoms with E-state index in [1.807, 2.05) is 66.7 Å². The predicted molar refractivity (Wildman–Crippen MR) is 112 cm³/mol. The Morgan fingerprint density at radius 3 is 1.89 bits per heavy atom. The van der Waals surface area contributed by atoms with Crippen LogP contribution in [-0.4, -0.2) is 19.2 Å². The molecule has 1 amide bonds. The molecule has 0 aromatic heterocycles. The zero-order valence-corrected chi connectivity index (χ0v) is 15.9. The van der Waals surface area contributed by atoms with E-state index >= 15 is 0 Å². The highest BCUT2D eigenvalue weighted by Gasteiger charge is 2.29. The summed E-state index contributed by atoms with van der Waals surface area (Å²) >= 11 is 0. The Morgan fingerprint density at radius 2 is 1.36 bits per heavy atom. The van der Waals surface area contributed by atoms with E-state index in [4.69, 9.17) is 4.74 Å². The Hall–Kier alpha value is -3.51. The summed E-state index contributed by atoms with van der Waals surface area (Å²) in [5, 5.41) is 2.89. The predicted octanol–water partition coefficient (Wildman–Crippen LogP) is 4.77. The summed E-state index contributed by atoms with van der Waals surface area (Å²) in [6.45, 7) is 2.59. The number of hydrogen-bond donors (Lipinski definition) is 1. The van der Waals surface area contributed by atoms with Crippen LogP contribution < -0.4 is 5.32 Å². The molecule has 0 aliphatic carbocycles. The second kappa shape index (κ2) is 9.43. The van der Waals surface area contributed by atoms with E-state index in [9.17, 15) is 4.79 Å². The lowest BCUT2D eigenvalue weighted by atomic mass is 9.76. The van der Waals surface area contributed by atoms with Crippen LogP contribution in [0.3, 0.4) is 0 Å². The monoisotopic (exact) mass is 369 g/mol. The third kappa shape index (κ3) is 5.02. The molecule has 1 N–H and O–H groups in total. The van der Waals surface area contributed by atoms with Crippen molar-refractivity contribution in [3.8, 4) is 11.8 Å². The second-order valence-corrected chi connectivity index (χ2v) is 6.66. The van der Waals surface area contributed by atoms with Gasteiger partial charge in [0.15, 0.2) is 6.61 Å². The second-order valence-electron chi connectivity index (χ2n) is 6.66. The third-order valence-corrected chi connectivity index (χ3v) is 4.69. The summed E-state index contributed by atoms with van der Waals surface area (Å²) < 4.78 is 5.21. The van der Waals surface area contributed by atoms with Crippen LogP contribution >= 0.6 is 0 Å². The van der Waals surface area contributed by atoms with Crippen molar-refractivity contribution in [3.63, 3.8) is 0 Å². The SMILES string of the molecule is CC(CNC(=O)OCC#Cc1ccccc1)(c1ccccc1)c1ccccc1. The van der Waals surface area contributed by atoms with E-state index in [2.05, 4.69) is 48.3 Å². The van der Waals surface area contributed by atoms with E-state index in [-0.39, 0.29) is 12.0 Å². The van der Waals surface area contributed by atoms with Crippen molar-refractivity contribution in [1.29, 1.82) is 0 Å². The maximum absolute atomic E-state index is 12.2. The van der Waals surface area contributed by atoms with Crippen LogP contribution in [0.15, 0.2) is 91.0 Å². The summed E-state index contributed by atoms with van der Waals surface area (Å²) in [4.78, 5) is 12.2. The zero-order chi connectivity index (χ0) is 19.7. The lowest BCUT2D eigenvalue weighted by Gasteiger charge is -2.31. The van der Waals surface area contributed by atoms with E-state index in [0.717, 1.165) is 16.7 Å². The van der Waals surface area contributed by atoms with Gasteiger partial charge in [0.2, 0.25) is 0 Å². The van der Waals surface area contributed by atoms with Gasteiger partial charge in [0.1, 0.15) is 0 Å². The summed E-state index contributed by atoms with van der Waals surface area (Å²) in [5.41, 5.74) is 2.79. The fraction of sp³-hybridized carbons (Fsp3) is 0.160. The fourth-order valence-corrected chi connectivity index (χ4v) is 3.04. The van der Waals surface area contributed by atoms with E-state index in [1.165, 1.54) is 0 Å². The molecule has 0 saturated carbocycles. The number of carbonyl (C=O) groups is 1. The molecule has 0 aliphatic heterocycles. The number of alkyl carbamates (subject to hydrolysis) is 1. The molecule has 0 fully saturated rings. The molecule has 0 unspecified atom stereocenters. The van der Waals surface area contributed by atoms with Crippen LogP contribution in [0.4, 0.5) is 4.79 Å². The lowest BCUT2D eigenvalue weighted by molar-refractivity contribution is 0.158. The Labute approximate surface area is 166 Å². The molecule has 3 nitrogen and oxygen atoms in total. The van der Waals surface area contributed by atoms with Crippen molar-refractivity contribution < 1.29 is 9.53 Å². The summed E-state index contributed by atoms with van der Waals surface area (Å²) in [5.74, 6) is 5.83. The highest BCUT2D eigenvalue weighted by atomic mass is 16.5. The van der Waals surface area contributed by atoms with E-state index < -0.39 is 6.09 Å². The maximum atomic E-state index is 12.2. The van der Waals surface area contributed by atoms with Gasteiger partial charge in [0.05, 0.1) is 0 Å². The standard InChI is InChI=1S/C25H23NO2/c1-25(22-15-7-3-8-16-22,23-17-9-4-10-18-23)20-26-24(27)28-19-11-14-21-12-5-2-6-13-21/h2-10,12-13,15-18H,19-20H2,1H3,(H,26,27). The first-order chi connectivity index (χ1) is 13.7. The van der Waals surface area contributed by atoms with Crippen molar-refractivity contribution in [1.82, 2.24) is 5.32 Å². The van der Waals surface area contributed by atoms with Crippen LogP contribution in [0.2, 0.25) is 0 Å². The Morgan fingerprint density at radius 1 is 0.857 bits per heavy atom. The first kappa shape index (κ1) is 19.3. The highest BCUT2D eigenvalue weighted by molar-refractivity contribution is 5.67. The molecule has 3 heteroatoms. The lowest BCUT2D eigenvalue weighted by Crippen LogP contribution is -2.39. The summed E-state index contributed by atoms with van der Waals surface area (Å²) in [7, 11) is 0. The molecule has 3 aromatic carbocycles. The average Bonchev–Trinajstić information content (AvgIpc) is 2.77. The van der Waals surface area contributed by atoms with Crippen LogP contribution in [0, 0.1) is 11.8 Å². The Bertz CT molecular complexity index is 902. The zero-order valence-electron chi connectivity index (χ0n) is 15.9.